The van der Waals surface area contributed by atoms with E-state index < -0.39 is 17.3 Å². The number of benzene rings is 1. The van der Waals surface area contributed by atoms with Gasteiger partial charge in [-0.05, 0) is 30.5 Å². The number of nitrogens with one attached hydrogen (secondary N) is 1. The second kappa shape index (κ2) is 7.27. The maximum Gasteiger partial charge on any atom is 0.308 e. The van der Waals surface area contributed by atoms with Gasteiger partial charge in [-0.1, -0.05) is 54.2 Å². The van der Waals surface area contributed by atoms with Gasteiger partial charge in [0.1, 0.15) is 0 Å². The van der Waals surface area contributed by atoms with E-state index in [1.165, 1.54) is 0 Å². The smallest absolute Gasteiger partial charge is 0.308 e. The van der Waals surface area contributed by atoms with Crippen molar-refractivity contribution in [2.24, 2.45) is 5.92 Å². The monoisotopic (exact) mass is 367 g/mol. The van der Waals surface area contributed by atoms with Crippen molar-refractivity contribution in [3.8, 4) is 0 Å². The first-order chi connectivity index (χ1) is 10.5. The van der Waals surface area contributed by atoms with Crippen LogP contribution in [0.3, 0.4) is 0 Å². The summed E-state index contributed by atoms with van der Waals surface area (Å²) in [6.45, 7) is 1.78. The van der Waals surface area contributed by atoms with Crippen molar-refractivity contribution in [2.45, 2.75) is 44.4 Å². The zero-order valence-corrected chi connectivity index (χ0v) is 14.4. The summed E-state index contributed by atoms with van der Waals surface area (Å²) in [5.74, 6) is -1.51. The van der Waals surface area contributed by atoms with Crippen molar-refractivity contribution >= 4 is 27.8 Å². The van der Waals surface area contributed by atoms with E-state index in [0.29, 0.717) is 0 Å². The van der Waals surface area contributed by atoms with Crippen molar-refractivity contribution in [2.75, 3.05) is 6.54 Å². The highest BCUT2D eigenvalue weighted by Gasteiger charge is 2.41. The SMILES string of the molecule is CC(CNC(=O)C1(c2cccc(Br)c2)CCCCC1)C(=O)O. The van der Waals surface area contributed by atoms with Gasteiger partial charge in [0.25, 0.3) is 0 Å². The molecule has 1 aromatic rings. The minimum atomic E-state index is -0.888. The Morgan fingerprint density at radius 3 is 2.59 bits per heavy atom. The molecule has 1 saturated carbocycles. The number of carbonyl (C=O) groups is 2. The first-order valence-corrected chi connectivity index (χ1v) is 8.52. The molecule has 0 radical (unpaired) electrons. The fraction of sp³-hybridized carbons (Fsp3) is 0.529. The molecule has 1 aliphatic carbocycles. The topological polar surface area (TPSA) is 66.4 Å². The van der Waals surface area contributed by atoms with Gasteiger partial charge in [0.05, 0.1) is 11.3 Å². The van der Waals surface area contributed by atoms with Gasteiger partial charge in [0.15, 0.2) is 0 Å². The van der Waals surface area contributed by atoms with E-state index in [1.54, 1.807) is 6.92 Å². The molecule has 1 fully saturated rings. The highest BCUT2D eigenvalue weighted by molar-refractivity contribution is 9.10. The summed E-state index contributed by atoms with van der Waals surface area (Å²) < 4.78 is 0.960. The fourth-order valence-electron chi connectivity index (χ4n) is 3.09. The minimum Gasteiger partial charge on any atom is -0.481 e. The lowest BCUT2D eigenvalue weighted by atomic mass is 9.68. The first-order valence-electron chi connectivity index (χ1n) is 7.73. The van der Waals surface area contributed by atoms with E-state index in [0.717, 1.165) is 42.1 Å². The third kappa shape index (κ3) is 3.69. The molecule has 120 valence electrons. The van der Waals surface area contributed by atoms with E-state index in [-0.39, 0.29) is 12.5 Å². The molecule has 2 N–H and O–H groups in total. The molecule has 1 amide bonds. The predicted molar refractivity (Wildman–Crippen MR) is 88.7 cm³/mol. The molecule has 0 heterocycles. The van der Waals surface area contributed by atoms with Crippen LogP contribution in [0.25, 0.3) is 0 Å². The Morgan fingerprint density at radius 2 is 2.00 bits per heavy atom. The number of carboxylic acid groups (broad SMARTS) is 1. The molecule has 1 unspecified atom stereocenters. The lowest BCUT2D eigenvalue weighted by Crippen LogP contribution is -2.47. The molecule has 0 aliphatic heterocycles. The van der Waals surface area contributed by atoms with Gasteiger partial charge >= 0.3 is 5.97 Å². The highest BCUT2D eigenvalue weighted by atomic mass is 79.9. The largest absolute Gasteiger partial charge is 0.481 e. The van der Waals surface area contributed by atoms with E-state index in [9.17, 15) is 9.59 Å². The van der Waals surface area contributed by atoms with Crippen LogP contribution in [0.15, 0.2) is 28.7 Å². The van der Waals surface area contributed by atoms with E-state index in [4.69, 9.17) is 5.11 Å². The molecular formula is C17H22BrNO3. The number of carbonyl (C=O) groups excluding carboxylic acids is 1. The lowest BCUT2D eigenvalue weighted by molar-refractivity contribution is -0.141. The van der Waals surface area contributed by atoms with E-state index in [1.807, 2.05) is 24.3 Å². The summed E-state index contributed by atoms with van der Waals surface area (Å²) >= 11 is 3.47. The van der Waals surface area contributed by atoms with Crippen LogP contribution in [0.2, 0.25) is 0 Å². The van der Waals surface area contributed by atoms with Crippen LogP contribution < -0.4 is 5.32 Å². The highest BCUT2D eigenvalue weighted by Crippen LogP contribution is 2.40. The molecular weight excluding hydrogens is 346 g/mol. The fourth-order valence-corrected chi connectivity index (χ4v) is 3.49. The Bertz CT molecular complexity index is 553. The second-order valence-electron chi connectivity index (χ2n) is 6.10. The van der Waals surface area contributed by atoms with Gasteiger partial charge in [-0.3, -0.25) is 9.59 Å². The molecule has 1 atom stereocenters. The summed E-state index contributed by atoms with van der Waals surface area (Å²) in [6.07, 6.45) is 4.82. The predicted octanol–water partition coefficient (Wildman–Crippen LogP) is 3.49. The average Bonchev–Trinajstić information content (AvgIpc) is 2.52. The normalized spacial score (nSPS) is 18.5. The van der Waals surface area contributed by atoms with E-state index in [2.05, 4.69) is 21.2 Å². The number of halogens is 1. The Hall–Kier alpha value is -1.36. The Morgan fingerprint density at radius 1 is 1.32 bits per heavy atom. The molecule has 5 heteroatoms. The summed E-state index contributed by atoms with van der Waals surface area (Å²) in [4.78, 5) is 23.8. The summed E-state index contributed by atoms with van der Waals surface area (Å²) in [6, 6.07) is 7.90. The van der Waals surface area contributed by atoms with Crippen LogP contribution >= 0.6 is 15.9 Å². The van der Waals surface area contributed by atoms with Crippen LogP contribution in [-0.2, 0) is 15.0 Å². The number of amides is 1. The van der Waals surface area contributed by atoms with Gasteiger partial charge in [0.2, 0.25) is 5.91 Å². The van der Waals surface area contributed by atoms with Gasteiger partial charge in [-0.25, -0.2) is 0 Å². The molecule has 22 heavy (non-hydrogen) atoms. The molecule has 0 bridgehead atoms. The first kappa shape index (κ1) is 17.0. The minimum absolute atomic E-state index is 0.0431. The maximum absolute atomic E-state index is 12.8. The van der Waals surface area contributed by atoms with Crippen LogP contribution in [0.4, 0.5) is 0 Å². The quantitative estimate of drug-likeness (QED) is 0.836. The van der Waals surface area contributed by atoms with Gasteiger partial charge in [-0.2, -0.15) is 0 Å². The van der Waals surface area contributed by atoms with Crippen molar-refractivity contribution in [1.29, 1.82) is 0 Å². The number of carboxylic acids is 1. The number of hydrogen-bond donors (Lipinski definition) is 2. The Balaban J connectivity index is 2.22. The Kier molecular flexibility index (Phi) is 5.62. The Labute approximate surface area is 139 Å². The third-order valence-electron chi connectivity index (χ3n) is 4.51. The standard InChI is InChI=1S/C17H22BrNO3/c1-12(15(20)21)11-19-16(22)17(8-3-2-4-9-17)13-6-5-7-14(18)10-13/h5-7,10,12H,2-4,8-9,11H2,1H3,(H,19,22)(H,20,21). The maximum atomic E-state index is 12.8. The molecule has 1 aromatic carbocycles. The lowest BCUT2D eigenvalue weighted by Gasteiger charge is -2.36. The summed E-state index contributed by atoms with van der Waals surface area (Å²) in [7, 11) is 0. The molecule has 2 rings (SSSR count). The van der Waals surface area contributed by atoms with Crippen LogP contribution in [0.1, 0.15) is 44.6 Å². The van der Waals surface area contributed by atoms with Crippen molar-refractivity contribution in [3.05, 3.63) is 34.3 Å². The molecule has 1 aliphatic rings. The molecule has 4 nitrogen and oxygen atoms in total. The van der Waals surface area contributed by atoms with Crippen LogP contribution in [-0.4, -0.2) is 23.5 Å². The molecule has 0 spiro atoms. The number of aliphatic carboxylic acids is 1. The average molecular weight is 368 g/mol. The summed E-state index contributed by atoms with van der Waals surface area (Å²) in [5, 5.41) is 11.8. The van der Waals surface area contributed by atoms with Gasteiger partial charge in [0, 0.05) is 11.0 Å². The number of hydrogen-bond acceptors (Lipinski definition) is 2. The zero-order valence-electron chi connectivity index (χ0n) is 12.8. The summed E-state index contributed by atoms with van der Waals surface area (Å²) in [5.41, 5.74) is 0.488. The van der Waals surface area contributed by atoms with Crippen molar-refractivity contribution in [1.82, 2.24) is 5.32 Å². The number of rotatable bonds is 5. The van der Waals surface area contributed by atoms with Crippen molar-refractivity contribution in [3.63, 3.8) is 0 Å². The van der Waals surface area contributed by atoms with Gasteiger partial charge < -0.3 is 10.4 Å². The zero-order chi connectivity index (χ0) is 16.2. The second-order valence-corrected chi connectivity index (χ2v) is 7.02. The third-order valence-corrected chi connectivity index (χ3v) is 5.00. The van der Waals surface area contributed by atoms with Gasteiger partial charge in [-0.15, -0.1) is 0 Å². The van der Waals surface area contributed by atoms with Crippen LogP contribution in [0, 0.1) is 5.92 Å². The molecule has 0 saturated heterocycles. The van der Waals surface area contributed by atoms with E-state index >= 15 is 0 Å². The molecule has 0 aromatic heterocycles. The van der Waals surface area contributed by atoms with Crippen molar-refractivity contribution < 1.29 is 14.7 Å². The van der Waals surface area contributed by atoms with Crippen LogP contribution in [0.5, 0.6) is 0 Å².